The van der Waals surface area contributed by atoms with Gasteiger partial charge in [-0.1, -0.05) is 24.3 Å². The van der Waals surface area contributed by atoms with Crippen LogP contribution in [-0.2, 0) is 11.3 Å². The molecule has 2 rings (SSSR count). The second-order valence-electron chi connectivity index (χ2n) is 5.16. The third kappa shape index (κ3) is 5.87. The van der Waals surface area contributed by atoms with E-state index in [4.69, 9.17) is 9.84 Å². The molecule has 1 unspecified atom stereocenters. The molecule has 0 aliphatic heterocycles. The van der Waals surface area contributed by atoms with Gasteiger partial charge in [0.1, 0.15) is 0 Å². The van der Waals surface area contributed by atoms with Crippen molar-refractivity contribution in [1.82, 2.24) is 5.32 Å². The summed E-state index contributed by atoms with van der Waals surface area (Å²) in [5, 5.41) is 25.7. The summed E-state index contributed by atoms with van der Waals surface area (Å²) in [6.45, 7) is 2.16. The average Bonchev–Trinajstić information content (AvgIpc) is 3.07. The lowest BCUT2D eigenvalue weighted by Crippen LogP contribution is -2.31. The fraction of sp³-hybridized carbons (Fsp3) is 0.412. The smallest absolute Gasteiger partial charge is 0.0897 e. The Morgan fingerprint density at radius 3 is 2.64 bits per heavy atom. The van der Waals surface area contributed by atoms with Gasteiger partial charge in [0, 0.05) is 13.2 Å². The molecule has 0 saturated heterocycles. The standard InChI is InChI=1S/C17H23NO3S/c19-8-1-7-18-10-17(20)12-21-11-14-2-4-15(5-3-14)16-6-9-22-13-16/h2-6,9,13,17-20H,1,7-8,10-12H2. The number of ether oxygens (including phenoxy) is 1. The van der Waals surface area contributed by atoms with E-state index in [2.05, 4.69) is 46.4 Å². The molecule has 4 nitrogen and oxygen atoms in total. The maximum Gasteiger partial charge on any atom is 0.0897 e. The summed E-state index contributed by atoms with van der Waals surface area (Å²) < 4.78 is 5.53. The van der Waals surface area contributed by atoms with Crippen molar-refractivity contribution >= 4 is 11.3 Å². The highest BCUT2D eigenvalue weighted by molar-refractivity contribution is 7.08. The molecule has 2 aromatic rings. The molecule has 0 amide bonds. The molecule has 0 aliphatic carbocycles. The zero-order valence-electron chi connectivity index (χ0n) is 12.6. The van der Waals surface area contributed by atoms with Crippen molar-refractivity contribution in [3.8, 4) is 11.1 Å². The van der Waals surface area contributed by atoms with Gasteiger partial charge in [-0.2, -0.15) is 11.3 Å². The van der Waals surface area contributed by atoms with Gasteiger partial charge in [-0.25, -0.2) is 0 Å². The van der Waals surface area contributed by atoms with E-state index >= 15 is 0 Å². The molecule has 0 aliphatic rings. The van der Waals surface area contributed by atoms with Crippen LogP contribution in [0.4, 0.5) is 0 Å². The van der Waals surface area contributed by atoms with Crippen molar-refractivity contribution in [1.29, 1.82) is 0 Å². The summed E-state index contributed by atoms with van der Waals surface area (Å²) in [4.78, 5) is 0. The van der Waals surface area contributed by atoms with Crippen LogP contribution < -0.4 is 5.32 Å². The average molecular weight is 321 g/mol. The number of thiophene rings is 1. The third-order valence-corrected chi connectivity index (χ3v) is 3.96. The van der Waals surface area contributed by atoms with E-state index in [0.29, 0.717) is 32.7 Å². The van der Waals surface area contributed by atoms with Crippen molar-refractivity contribution in [3.05, 3.63) is 46.7 Å². The van der Waals surface area contributed by atoms with Crippen molar-refractivity contribution in [2.24, 2.45) is 0 Å². The molecule has 0 radical (unpaired) electrons. The van der Waals surface area contributed by atoms with Crippen LogP contribution in [0.5, 0.6) is 0 Å². The van der Waals surface area contributed by atoms with Gasteiger partial charge in [-0.05, 0) is 46.5 Å². The Hall–Kier alpha value is -1.24. The Kier molecular flexibility index (Phi) is 7.56. The molecule has 1 heterocycles. The number of hydrogen-bond acceptors (Lipinski definition) is 5. The Balaban J connectivity index is 1.66. The van der Waals surface area contributed by atoms with Gasteiger partial charge in [-0.15, -0.1) is 0 Å². The van der Waals surface area contributed by atoms with Gasteiger partial charge in [0.05, 0.1) is 19.3 Å². The second-order valence-corrected chi connectivity index (χ2v) is 5.94. The first kappa shape index (κ1) is 17.1. The van der Waals surface area contributed by atoms with Crippen molar-refractivity contribution in [2.75, 3.05) is 26.3 Å². The van der Waals surface area contributed by atoms with Crippen molar-refractivity contribution in [3.63, 3.8) is 0 Å². The first-order valence-electron chi connectivity index (χ1n) is 7.48. The van der Waals surface area contributed by atoms with Gasteiger partial charge >= 0.3 is 0 Å². The van der Waals surface area contributed by atoms with Crippen molar-refractivity contribution < 1.29 is 14.9 Å². The van der Waals surface area contributed by atoms with E-state index in [1.165, 1.54) is 11.1 Å². The van der Waals surface area contributed by atoms with E-state index in [1.54, 1.807) is 11.3 Å². The fourth-order valence-corrected chi connectivity index (χ4v) is 2.73. The number of aliphatic hydroxyl groups is 2. The maximum atomic E-state index is 9.75. The highest BCUT2D eigenvalue weighted by Crippen LogP contribution is 2.22. The topological polar surface area (TPSA) is 61.7 Å². The molecule has 1 atom stereocenters. The SMILES string of the molecule is OCCCNCC(O)COCc1ccc(-c2ccsc2)cc1. The minimum Gasteiger partial charge on any atom is -0.396 e. The first-order valence-corrected chi connectivity index (χ1v) is 8.43. The predicted octanol–water partition coefficient (Wildman–Crippen LogP) is 2.26. The Morgan fingerprint density at radius 2 is 1.95 bits per heavy atom. The van der Waals surface area contributed by atoms with Crippen LogP contribution in [0.15, 0.2) is 41.1 Å². The molecular weight excluding hydrogens is 298 g/mol. The molecule has 5 heteroatoms. The summed E-state index contributed by atoms with van der Waals surface area (Å²) >= 11 is 1.69. The second kappa shape index (κ2) is 9.71. The Labute approximate surface area is 135 Å². The summed E-state index contributed by atoms with van der Waals surface area (Å²) in [7, 11) is 0. The predicted molar refractivity (Wildman–Crippen MR) is 90.0 cm³/mol. The van der Waals surface area contributed by atoms with E-state index in [9.17, 15) is 5.11 Å². The molecular formula is C17H23NO3S. The largest absolute Gasteiger partial charge is 0.396 e. The molecule has 0 fully saturated rings. The molecule has 22 heavy (non-hydrogen) atoms. The third-order valence-electron chi connectivity index (χ3n) is 3.28. The van der Waals surface area contributed by atoms with E-state index < -0.39 is 6.10 Å². The minimum absolute atomic E-state index is 0.168. The van der Waals surface area contributed by atoms with Crippen LogP contribution in [0.3, 0.4) is 0 Å². The number of rotatable bonds is 10. The number of nitrogens with one attached hydrogen (secondary N) is 1. The fourth-order valence-electron chi connectivity index (χ4n) is 2.07. The zero-order valence-corrected chi connectivity index (χ0v) is 13.4. The molecule has 0 bridgehead atoms. The molecule has 3 N–H and O–H groups in total. The number of aliphatic hydroxyl groups excluding tert-OH is 2. The molecule has 0 spiro atoms. The highest BCUT2D eigenvalue weighted by atomic mass is 32.1. The van der Waals surface area contributed by atoms with Gasteiger partial charge in [0.15, 0.2) is 0 Å². The van der Waals surface area contributed by atoms with Crippen LogP contribution in [-0.4, -0.2) is 42.6 Å². The van der Waals surface area contributed by atoms with Crippen LogP contribution in [0.2, 0.25) is 0 Å². The number of hydrogen-bond donors (Lipinski definition) is 3. The summed E-state index contributed by atoms with van der Waals surface area (Å²) in [6, 6.07) is 10.4. The molecule has 120 valence electrons. The van der Waals surface area contributed by atoms with Gasteiger partial charge < -0.3 is 20.3 Å². The van der Waals surface area contributed by atoms with Gasteiger partial charge in [0.2, 0.25) is 0 Å². The normalized spacial score (nSPS) is 12.5. The zero-order chi connectivity index (χ0) is 15.6. The van der Waals surface area contributed by atoms with Crippen LogP contribution in [0.1, 0.15) is 12.0 Å². The highest BCUT2D eigenvalue weighted by Gasteiger charge is 2.04. The number of benzene rings is 1. The monoisotopic (exact) mass is 321 g/mol. The maximum absolute atomic E-state index is 9.75. The summed E-state index contributed by atoms with van der Waals surface area (Å²) in [5.74, 6) is 0. The Morgan fingerprint density at radius 1 is 1.14 bits per heavy atom. The lowest BCUT2D eigenvalue weighted by molar-refractivity contribution is 0.0288. The minimum atomic E-state index is -0.524. The van der Waals surface area contributed by atoms with Crippen LogP contribution in [0.25, 0.3) is 11.1 Å². The summed E-state index contributed by atoms with van der Waals surface area (Å²) in [6.07, 6.45) is 0.174. The molecule has 0 saturated carbocycles. The lowest BCUT2D eigenvalue weighted by Gasteiger charge is -2.12. The van der Waals surface area contributed by atoms with E-state index in [0.717, 1.165) is 5.56 Å². The quantitative estimate of drug-likeness (QED) is 0.588. The first-order chi connectivity index (χ1) is 10.8. The summed E-state index contributed by atoms with van der Waals surface area (Å²) in [5.41, 5.74) is 3.54. The molecule has 1 aromatic carbocycles. The van der Waals surface area contributed by atoms with E-state index in [1.807, 2.05) is 0 Å². The molecule has 1 aromatic heterocycles. The Bertz CT molecular complexity index is 513. The van der Waals surface area contributed by atoms with Crippen LogP contribution >= 0.6 is 11.3 Å². The van der Waals surface area contributed by atoms with Crippen LogP contribution in [0, 0.1) is 0 Å². The van der Waals surface area contributed by atoms with Gasteiger partial charge in [0.25, 0.3) is 0 Å². The van der Waals surface area contributed by atoms with E-state index in [-0.39, 0.29) is 6.61 Å². The van der Waals surface area contributed by atoms with Crippen molar-refractivity contribution in [2.45, 2.75) is 19.1 Å². The lowest BCUT2D eigenvalue weighted by atomic mass is 10.1. The van der Waals surface area contributed by atoms with Gasteiger partial charge in [-0.3, -0.25) is 0 Å².